The molecule has 34 heavy (non-hydrogen) atoms. The predicted molar refractivity (Wildman–Crippen MR) is 117 cm³/mol. The van der Waals surface area contributed by atoms with Gasteiger partial charge in [-0.1, -0.05) is 23.7 Å². The van der Waals surface area contributed by atoms with Gasteiger partial charge in [0.05, 0.1) is 18.5 Å². The van der Waals surface area contributed by atoms with Gasteiger partial charge < -0.3 is 4.74 Å². The molecule has 0 bridgehead atoms. The Hall–Kier alpha value is -3.44. The van der Waals surface area contributed by atoms with Crippen LogP contribution in [-0.4, -0.2) is 39.7 Å². The Kier molecular flexibility index (Phi) is 7.27. The molecule has 0 saturated carbocycles. The van der Waals surface area contributed by atoms with Crippen molar-refractivity contribution in [3.63, 3.8) is 0 Å². The van der Waals surface area contributed by atoms with Gasteiger partial charge in [-0.3, -0.25) is 19.0 Å². The predicted octanol–water partition coefficient (Wildman–Crippen LogP) is 4.13. The van der Waals surface area contributed by atoms with E-state index in [1.807, 2.05) is 0 Å². The van der Waals surface area contributed by atoms with Crippen LogP contribution in [0.2, 0.25) is 5.02 Å². The number of nitrogens with zero attached hydrogens (tertiary/aromatic N) is 4. The SMILES string of the molecule is CON(C)C(=O)c1ccc(C)c(-n2c(C)nc(OCc3cccc(C(F)(F)F)n3)c(Cl)c2=O)c1. The Bertz CT molecular complexity index is 1290. The molecule has 3 aromatic rings. The summed E-state index contributed by atoms with van der Waals surface area (Å²) < 4.78 is 45.2. The highest BCUT2D eigenvalue weighted by molar-refractivity contribution is 6.31. The fourth-order valence-electron chi connectivity index (χ4n) is 3.07. The second-order valence-electron chi connectivity index (χ2n) is 7.21. The number of halogens is 4. The van der Waals surface area contributed by atoms with Crippen LogP contribution >= 0.6 is 11.6 Å². The van der Waals surface area contributed by atoms with Gasteiger partial charge in [0.25, 0.3) is 11.5 Å². The molecule has 1 aromatic carbocycles. The van der Waals surface area contributed by atoms with Gasteiger partial charge in [0, 0.05) is 12.6 Å². The van der Waals surface area contributed by atoms with Gasteiger partial charge in [-0.2, -0.15) is 18.2 Å². The summed E-state index contributed by atoms with van der Waals surface area (Å²) >= 11 is 6.20. The van der Waals surface area contributed by atoms with Crippen molar-refractivity contribution in [2.24, 2.45) is 0 Å². The van der Waals surface area contributed by atoms with Crippen molar-refractivity contribution in [1.82, 2.24) is 19.6 Å². The summed E-state index contributed by atoms with van der Waals surface area (Å²) in [5, 5.41) is 0.663. The van der Waals surface area contributed by atoms with E-state index in [4.69, 9.17) is 21.2 Å². The first-order valence-corrected chi connectivity index (χ1v) is 10.2. The fourth-order valence-corrected chi connectivity index (χ4v) is 3.25. The summed E-state index contributed by atoms with van der Waals surface area (Å²) in [6.07, 6.45) is -4.60. The molecule has 0 atom stereocenters. The quantitative estimate of drug-likeness (QED) is 0.477. The second-order valence-corrected chi connectivity index (χ2v) is 7.58. The molecule has 0 fully saturated rings. The summed E-state index contributed by atoms with van der Waals surface area (Å²) in [5.74, 6) is -0.486. The van der Waals surface area contributed by atoms with Crippen LogP contribution in [0.15, 0.2) is 41.2 Å². The van der Waals surface area contributed by atoms with Crippen LogP contribution in [-0.2, 0) is 17.6 Å². The number of pyridine rings is 1. The third kappa shape index (κ3) is 5.20. The van der Waals surface area contributed by atoms with E-state index in [9.17, 15) is 22.8 Å². The minimum Gasteiger partial charge on any atom is -0.470 e. The number of amides is 1. The highest BCUT2D eigenvalue weighted by Gasteiger charge is 2.32. The maximum atomic E-state index is 13.1. The Morgan fingerprint density at radius 2 is 1.88 bits per heavy atom. The van der Waals surface area contributed by atoms with Gasteiger partial charge in [-0.05, 0) is 43.7 Å². The summed E-state index contributed by atoms with van der Waals surface area (Å²) in [6, 6.07) is 8.14. The third-order valence-corrected chi connectivity index (χ3v) is 5.20. The number of hydrogen-bond acceptors (Lipinski definition) is 6. The number of aromatic nitrogens is 3. The first-order chi connectivity index (χ1) is 15.9. The Balaban J connectivity index is 1.95. The minimum atomic E-state index is -4.60. The number of hydrogen-bond donors (Lipinski definition) is 0. The van der Waals surface area contributed by atoms with Crippen molar-refractivity contribution in [3.05, 3.63) is 80.1 Å². The molecule has 0 aliphatic heterocycles. The zero-order valence-electron chi connectivity index (χ0n) is 18.6. The Morgan fingerprint density at radius 3 is 2.53 bits per heavy atom. The van der Waals surface area contributed by atoms with E-state index >= 15 is 0 Å². The van der Waals surface area contributed by atoms with E-state index in [1.54, 1.807) is 19.1 Å². The minimum absolute atomic E-state index is 0.0150. The first kappa shape index (κ1) is 25.2. The number of hydroxylamine groups is 2. The topological polar surface area (TPSA) is 86.6 Å². The van der Waals surface area contributed by atoms with Crippen molar-refractivity contribution in [3.8, 4) is 11.6 Å². The van der Waals surface area contributed by atoms with Crippen LogP contribution in [0.4, 0.5) is 13.2 Å². The van der Waals surface area contributed by atoms with Gasteiger partial charge in [0.2, 0.25) is 5.88 Å². The third-order valence-electron chi connectivity index (χ3n) is 4.88. The molecule has 0 saturated heterocycles. The number of carbonyl (C=O) groups excluding carboxylic acids is 1. The number of ether oxygens (including phenoxy) is 1. The molecular formula is C22H20ClF3N4O4. The van der Waals surface area contributed by atoms with Gasteiger partial charge >= 0.3 is 6.18 Å². The average Bonchev–Trinajstić information content (AvgIpc) is 2.80. The Morgan fingerprint density at radius 1 is 1.18 bits per heavy atom. The normalized spacial score (nSPS) is 11.4. The van der Waals surface area contributed by atoms with Crippen LogP contribution in [0.1, 0.15) is 33.1 Å². The smallest absolute Gasteiger partial charge is 0.433 e. The first-order valence-electron chi connectivity index (χ1n) is 9.82. The maximum Gasteiger partial charge on any atom is 0.433 e. The summed E-state index contributed by atoms with van der Waals surface area (Å²) in [7, 11) is 2.79. The molecule has 12 heteroatoms. The van der Waals surface area contributed by atoms with E-state index < -0.39 is 23.3 Å². The lowest BCUT2D eigenvalue weighted by Crippen LogP contribution is -2.27. The number of benzene rings is 1. The van der Waals surface area contributed by atoms with E-state index in [1.165, 1.54) is 43.8 Å². The molecule has 1 amide bonds. The Labute approximate surface area is 197 Å². The van der Waals surface area contributed by atoms with Crippen molar-refractivity contribution in [1.29, 1.82) is 0 Å². The second kappa shape index (κ2) is 9.82. The van der Waals surface area contributed by atoms with Crippen molar-refractivity contribution >= 4 is 17.5 Å². The maximum absolute atomic E-state index is 13.1. The molecule has 8 nitrogen and oxygen atoms in total. The lowest BCUT2D eigenvalue weighted by Gasteiger charge is -2.17. The van der Waals surface area contributed by atoms with Crippen LogP contribution in [0, 0.1) is 13.8 Å². The lowest BCUT2D eigenvalue weighted by molar-refractivity contribution is -0.141. The van der Waals surface area contributed by atoms with Crippen molar-refractivity contribution in [2.45, 2.75) is 26.6 Å². The van der Waals surface area contributed by atoms with Gasteiger partial charge in [-0.15, -0.1) is 0 Å². The summed E-state index contributed by atoms with van der Waals surface area (Å²) in [4.78, 5) is 38.1. The van der Waals surface area contributed by atoms with Gasteiger partial charge in [0.1, 0.15) is 18.1 Å². The highest BCUT2D eigenvalue weighted by Crippen LogP contribution is 2.28. The number of alkyl halides is 3. The largest absolute Gasteiger partial charge is 0.470 e. The molecule has 2 aromatic heterocycles. The molecule has 0 aliphatic carbocycles. The molecule has 0 N–H and O–H groups in total. The van der Waals surface area contributed by atoms with Crippen LogP contribution < -0.4 is 10.3 Å². The van der Waals surface area contributed by atoms with E-state index in [2.05, 4.69) is 9.97 Å². The molecule has 3 rings (SSSR count). The molecule has 0 aliphatic rings. The molecular weight excluding hydrogens is 477 g/mol. The standard InChI is InChI=1S/C22H20ClF3N4O4/c1-12-8-9-14(20(31)29(3)33-4)10-16(12)30-13(2)27-19(18(23)21(30)32)34-11-15-6-5-7-17(28-15)22(24,25)26/h5-10H,11H2,1-4H3. The molecule has 0 spiro atoms. The van der Waals surface area contributed by atoms with E-state index in [-0.39, 0.29) is 34.6 Å². The average molecular weight is 497 g/mol. The number of aryl methyl sites for hydroxylation is 2. The van der Waals surface area contributed by atoms with Crippen molar-refractivity contribution in [2.75, 3.05) is 14.2 Å². The fraction of sp³-hybridized carbons (Fsp3) is 0.273. The van der Waals surface area contributed by atoms with Crippen LogP contribution in [0.3, 0.4) is 0 Å². The highest BCUT2D eigenvalue weighted by atomic mass is 35.5. The van der Waals surface area contributed by atoms with Crippen LogP contribution in [0.25, 0.3) is 5.69 Å². The van der Waals surface area contributed by atoms with Crippen LogP contribution in [0.5, 0.6) is 5.88 Å². The molecule has 0 radical (unpaired) electrons. The molecule has 180 valence electrons. The van der Waals surface area contributed by atoms with E-state index in [0.717, 1.165) is 11.1 Å². The zero-order valence-corrected chi connectivity index (χ0v) is 19.4. The zero-order chi connectivity index (χ0) is 25.2. The van der Waals surface area contributed by atoms with E-state index in [0.29, 0.717) is 11.3 Å². The monoisotopic (exact) mass is 496 g/mol. The molecule has 2 heterocycles. The number of rotatable bonds is 6. The summed E-state index contributed by atoms with van der Waals surface area (Å²) in [5.41, 5.74) is -0.445. The number of carbonyl (C=O) groups is 1. The van der Waals surface area contributed by atoms with Gasteiger partial charge in [-0.25, -0.2) is 10.0 Å². The van der Waals surface area contributed by atoms with Crippen molar-refractivity contribution < 1.29 is 27.5 Å². The molecule has 0 unspecified atom stereocenters. The van der Waals surface area contributed by atoms with Gasteiger partial charge in [0.15, 0.2) is 5.02 Å². The lowest BCUT2D eigenvalue weighted by atomic mass is 10.1. The summed E-state index contributed by atoms with van der Waals surface area (Å²) in [6.45, 7) is 2.89.